The zero-order valence-corrected chi connectivity index (χ0v) is 11.5. The van der Waals surface area contributed by atoms with Gasteiger partial charge in [0.1, 0.15) is 5.56 Å². The predicted octanol–water partition coefficient (Wildman–Crippen LogP) is 0.438. The molecule has 0 aliphatic rings. The third kappa shape index (κ3) is 3.88. The van der Waals surface area contributed by atoms with Gasteiger partial charge in [-0.3, -0.25) is 19.7 Å². The highest BCUT2D eigenvalue weighted by atomic mass is 16.6. The molecule has 1 rings (SSSR count). The van der Waals surface area contributed by atoms with Crippen molar-refractivity contribution in [1.82, 2.24) is 0 Å². The number of nitrogens with zero attached hydrogens (tertiary/aromatic N) is 2. The predicted molar refractivity (Wildman–Crippen MR) is 68.1 cm³/mol. The fourth-order valence-electron chi connectivity index (χ4n) is 1.68. The highest BCUT2D eigenvalue weighted by Crippen LogP contribution is 2.27. The lowest BCUT2D eigenvalue weighted by Gasteiger charge is -2.14. The van der Waals surface area contributed by atoms with E-state index < -0.39 is 28.5 Å². The number of pyridine rings is 1. The number of hydrogen-bond donors (Lipinski definition) is 0. The largest absolute Gasteiger partial charge is 0.619 e. The van der Waals surface area contributed by atoms with Gasteiger partial charge in [-0.25, -0.2) is 0 Å². The maximum atomic E-state index is 11.9. The molecule has 0 unspecified atom stereocenters. The molecule has 0 bridgehead atoms. The van der Waals surface area contributed by atoms with Crippen molar-refractivity contribution in [2.45, 2.75) is 19.8 Å². The van der Waals surface area contributed by atoms with Crippen LogP contribution < -0.4 is 4.73 Å². The van der Waals surface area contributed by atoms with E-state index in [-0.39, 0.29) is 23.5 Å². The van der Waals surface area contributed by atoms with E-state index in [2.05, 4.69) is 0 Å². The van der Waals surface area contributed by atoms with Crippen LogP contribution in [0, 0.1) is 15.3 Å². The van der Waals surface area contributed by atoms with Gasteiger partial charge in [-0.15, -0.1) is 0 Å². The maximum Gasteiger partial charge on any atom is 0.325 e. The fraction of sp³-hybridized carbons (Fsp3) is 0.417. The molecule has 0 aromatic carbocycles. The Morgan fingerprint density at radius 3 is 2.24 bits per heavy atom. The van der Waals surface area contributed by atoms with Crippen LogP contribution in [0.25, 0.3) is 0 Å². The van der Waals surface area contributed by atoms with E-state index in [1.165, 1.54) is 13.8 Å². The van der Waals surface area contributed by atoms with Gasteiger partial charge in [-0.05, 0) is 13.8 Å². The minimum absolute atomic E-state index is 0.0211. The van der Waals surface area contributed by atoms with Crippen LogP contribution in [0.2, 0.25) is 0 Å². The van der Waals surface area contributed by atoms with Crippen LogP contribution in [-0.4, -0.2) is 30.1 Å². The second-order valence-corrected chi connectivity index (χ2v) is 3.84. The monoisotopic (exact) mass is 298 g/mol. The van der Waals surface area contributed by atoms with E-state index in [0.717, 1.165) is 18.5 Å². The van der Waals surface area contributed by atoms with Crippen molar-refractivity contribution in [3.8, 4) is 0 Å². The minimum Gasteiger partial charge on any atom is -0.619 e. The number of ether oxygens (including phenoxy) is 2. The third-order valence-corrected chi connectivity index (χ3v) is 2.49. The number of nitro groups is 1. The zero-order chi connectivity index (χ0) is 16.0. The summed E-state index contributed by atoms with van der Waals surface area (Å²) in [5.41, 5.74) is -0.900. The number of aromatic nitrogens is 1. The second kappa shape index (κ2) is 7.17. The molecule has 1 heterocycles. The highest BCUT2D eigenvalue weighted by molar-refractivity contribution is 6.01. The summed E-state index contributed by atoms with van der Waals surface area (Å²) >= 11 is 0. The first-order chi connectivity index (χ1) is 9.92. The summed E-state index contributed by atoms with van der Waals surface area (Å²) < 4.78 is 9.71. The van der Waals surface area contributed by atoms with Crippen LogP contribution in [0.4, 0.5) is 5.69 Å². The minimum atomic E-state index is -1.67. The van der Waals surface area contributed by atoms with Gasteiger partial charge in [0.25, 0.3) is 5.69 Å². The molecule has 0 aliphatic heterocycles. The van der Waals surface area contributed by atoms with Crippen molar-refractivity contribution < 1.29 is 28.7 Å². The summed E-state index contributed by atoms with van der Waals surface area (Å²) in [6.07, 6.45) is 1.69. The summed E-state index contributed by atoms with van der Waals surface area (Å²) in [6, 6.07) is 0.911. The Labute approximate surface area is 119 Å². The Kier molecular flexibility index (Phi) is 5.58. The van der Waals surface area contributed by atoms with Gasteiger partial charge in [0, 0.05) is 0 Å². The Morgan fingerprint density at radius 2 is 1.81 bits per heavy atom. The molecule has 9 heteroatoms. The molecule has 21 heavy (non-hydrogen) atoms. The molecule has 114 valence electrons. The summed E-state index contributed by atoms with van der Waals surface area (Å²) in [7, 11) is 0. The second-order valence-electron chi connectivity index (χ2n) is 3.84. The smallest absolute Gasteiger partial charge is 0.325 e. The Morgan fingerprint density at radius 1 is 1.29 bits per heavy atom. The first kappa shape index (κ1) is 16.3. The van der Waals surface area contributed by atoms with Crippen molar-refractivity contribution in [3.63, 3.8) is 0 Å². The van der Waals surface area contributed by atoms with Gasteiger partial charge < -0.3 is 14.7 Å². The average Bonchev–Trinajstić information content (AvgIpc) is 2.39. The van der Waals surface area contributed by atoms with Gasteiger partial charge >= 0.3 is 11.9 Å². The van der Waals surface area contributed by atoms with Gasteiger partial charge in [0.15, 0.2) is 18.3 Å². The molecule has 0 amide bonds. The standard InChI is InChI=1S/C12H14N2O7/c1-3-20-11(15)10(12(16)21-4-2)8-7-13(17)6-5-9(8)14(18)19/h5-7,10H,3-4H2,1-2H3. The molecule has 0 saturated heterocycles. The van der Waals surface area contributed by atoms with Gasteiger partial charge in [0.2, 0.25) is 0 Å². The molecule has 0 saturated carbocycles. The van der Waals surface area contributed by atoms with E-state index in [1.807, 2.05) is 0 Å². The van der Waals surface area contributed by atoms with Crippen molar-refractivity contribution in [2.24, 2.45) is 0 Å². The van der Waals surface area contributed by atoms with Crippen LogP contribution >= 0.6 is 0 Å². The maximum absolute atomic E-state index is 11.9. The van der Waals surface area contributed by atoms with Crippen LogP contribution in [-0.2, 0) is 19.1 Å². The SMILES string of the molecule is CCOC(=O)C(C(=O)OCC)c1c[n+]([O-])ccc1[N+](=O)[O-]. The van der Waals surface area contributed by atoms with E-state index in [9.17, 15) is 24.9 Å². The quantitative estimate of drug-likeness (QED) is 0.186. The molecule has 0 radical (unpaired) electrons. The lowest BCUT2D eigenvalue weighted by Crippen LogP contribution is -2.32. The molecule has 9 nitrogen and oxygen atoms in total. The zero-order valence-electron chi connectivity index (χ0n) is 11.5. The molecule has 0 spiro atoms. The third-order valence-electron chi connectivity index (χ3n) is 2.49. The molecule has 0 fully saturated rings. The average molecular weight is 298 g/mol. The van der Waals surface area contributed by atoms with Gasteiger partial charge in [-0.1, -0.05) is 0 Å². The summed E-state index contributed by atoms with van der Waals surface area (Å²) in [4.78, 5) is 34.0. The number of carbonyl (C=O) groups is 2. The molecule has 0 atom stereocenters. The molecule has 0 N–H and O–H groups in total. The number of rotatable bonds is 6. The van der Waals surface area contributed by atoms with E-state index in [1.54, 1.807) is 0 Å². The topological polar surface area (TPSA) is 123 Å². The first-order valence-corrected chi connectivity index (χ1v) is 6.12. The lowest BCUT2D eigenvalue weighted by molar-refractivity contribution is -0.606. The number of hydrogen-bond acceptors (Lipinski definition) is 7. The molecule has 1 aromatic heterocycles. The summed E-state index contributed by atoms with van der Waals surface area (Å²) in [6.45, 7) is 3.00. The van der Waals surface area contributed by atoms with E-state index in [0.29, 0.717) is 0 Å². The Hall–Kier alpha value is -2.71. The van der Waals surface area contributed by atoms with Gasteiger partial charge in [-0.2, -0.15) is 4.73 Å². The van der Waals surface area contributed by atoms with Crippen molar-refractivity contribution >= 4 is 17.6 Å². The molecular formula is C12H14N2O7. The summed E-state index contributed by atoms with van der Waals surface area (Å²) in [5, 5.41) is 22.3. The normalized spacial score (nSPS) is 10.2. The molecule has 0 aliphatic carbocycles. The van der Waals surface area contributed by atoms with Crippen LogP contribution in [0.1, 0.15) is 25.3 Å². The van der Waals surface area contributed by atoms with Crippen molar-refractivity contribution in [2.75, 3.05) is 13.2 Å². The molecular weight excluding hydrogens is 284 g/mol. The van der Waals surface area contributed by atoms with Crippen LogP contribution in [0.15, 0.2) is 18.5 Å². The van der Waals surface area contributed by atoms with E-state index >= 15 is 0 Å². The first-order valence-electron chi connectivity index (χ1n) is 6.12. The highest BCUT2D eigenvalue weighted by Gasteiger charge is 2.38. The van der Waals surface area contributed by atoms with Gasteiger partial charge in [0.05, 0.1) is 24.2 Å². The molecule has 1 aromatic rings. The van der Waals surface area contributed by atoms with Crippen molar-refractivity contribution in [1.29, 1.82) is 0 Å². The number of carbonyl (C=O) groups excluding carboxylic acids is 2. The fourth-order valence-corrected chi connectivity index (χ4v) is 1.68. The Bertz CT molecular complexity index is 541. The van der Waals surface area contributed by atoms with Crippen molar-refractivity contribution in [3.05, 3.63) is 39.3 Å². The van der Waals surface area contributed by atoms with Crippen LogP contribution in [0.3, 0.4) is 0 Å². The van der Waals surface area contributed by atoms with E-state index in [4.69, 9.17) is 9.47 Å². The van der Waals surface area contributed by atoms with Crippen LogP contribution in [0.5, 0.6) is 0 Å². The number of esters is 2. The lowest BCUT2D eigenvalue weighted by atomic mass is 9.99. The Balaban J connectivity index is 3.37. The summed E-state index contributed by atoms with van der Waals surface area (Å²) in [5.74, 6) is -3.69.